The summed E-state index contributed by atoms with van der Waals surface area (Å²) < 4.78 is 0. The van der Waals surface area contributed by atoms with Crippen LogP contribution in [0.15, 0.2) is 30.5 Å². The van der Waals surface area contributed by atoms with Gasteiger partial charge in [-0.25, -0.2) is 9.97 Å². The first-order valence-corrected chi connectivity index (χ1v) is 6.55. The lowest BCUT2D eigenvalue weighted by molar-refractivity contribution is 1.09. The van der Waals surface area contributed by atoms with E-state index in [0.717, 1.165) is 16.7 Å². The highest BCUT2D eigenvalue weighted by Gasteiger charge is 1.92. The zero-order chi connectivity index (χ0) is 13.7. The molecule has 2 heteroatoms. The van der Waals surface area contributed by atoms with Crippen molar-refractivity contribution in [3.63, 3.8) is 0 Å². The summed E-state index contributed by atoms with van der Waals surface area (Å²) in [6.45, 7) is 13.9. The highest BCUT2D eigenvalue weighted by atomic mass is 14.9. The molecule has 0 atom stereocenters. The van der Waals surface area contributed by atoms with Crippen molar-refractivity contribution in [1.82, 2.24) is 9.97 Å². The van der Waals surface area contributed by atoms with Crippen LogP contribution in [0, 0.1) is 6.92 Å². The maximum absolute atomic E-state index is 4.26. The Kier molecular flexibility index (Phi) is 13.3. The van der Waals surface area contributed by atoms with E-state index in [0.29, 0.717) is 0 Å². The molecular formula is C15H26N2. The molecule has 0 fully saturated rings. The zero-order valence-corrected chi connectivity index (χ0v) is 12.3. The first-order chi connectivity index (χ1) is 8.36. The Morgan fingerprint density at radius 3 is 1.94 bits per heavy atom. The van der Waals surface area contributed by atoms with Crippen molar-refractivity contribution in [2.24, 2.45) is 0 Å². The molecule has 0 aliphatic heterocycles. The van der Waals surface area contributed by atoms with Crippen LogP contribution < -0.4 is 0 Å². The highest BCUT2D eigenvalue weighted by molar-refractivity contribution is 5.77. The monoisotopic (exact) mass is 234 g/mol. The predicted molar refractivity (Wildman–Crippen MR) is 78.3 cm³/mol. The fraction of sp³-hybridized carbons (Fsp3) is 0.467. The van der Waals surface area contributed by atoms with Crippen molar-refractivity contribution in [1.29, 1.82) is 0 Å². The van der Waals surface area contributed by atoms with E-state index in [1.54, 1.807) is 0 Å². The number of para-hydroxylation sites is 1. The number of nitrogens with zero attached hydrogens (tertiary/aromatic N) is 2. The molecule has 2 nitrogen and oxygen atoms in total. The van der Waals surface area contributed by atoms with Crippen molar-refractivity contribution in [2.45, 2.75) is 48.5 Å². The Balaban J connectivity index is 0. The molecule has 2 aromatic rings. The SMILES string of the molecule is CC.CC.CC.Cc1ncc2ccccc2n1. The summed E-state index contributed by atoms with van der Waals surface area (Å²) in [7, 11) is 0. The third-order valence-electron chi connectivity index (χ3n) is 1.61. The van der Waals surface area contributed by atoms with Gasteiger partial charge in [0.2, 0.25) is 0 Å². The topological polar surface area (TPSA) is 25.8 Å². The van der Waals surface area contributed by atoms with Gasteiger partial charge in [-0.15, -0.1) is 0 Å². The molecule has 1 aromatic heterocycles. The molecule has 0 radical (unpaired) electrons. The summed E-state index contributed by atoms with van der Waals surface area (Å²) in [5, 5.41) is 1.10. The van der Waals surface area contributed by atoms with Gasteiger partial charge in [-0.1, -0.05) is 59.7 Å². The fourth-order valence-electron chi connectivity index (χ4n) is 1.06. The number of aryl methyl sites for hydroxylation is 1. The molecule has 0 saturated heterocycles. The largest absolute Gasteiger partial charge is 0.241 e. The quantitative estimate of drug-likeness (QED) is 0.640. The molecular weight excluding hydrogens is 208 g/mol. The molecule has 0 bridgehead atoms. The number of aromatic nitrogens is 2. The van der Waals surface area contributed by atoms with Gasteiger partial charge in [0.25, 0.3) is 0 Å². The summed E-state index contributed by atoms with van der Waals surface area (Å²) >= 11 is 0. The van der Waals surface area contributed by atoms with Crippen LogP contribution >= 0.6 is 0 Å². The minimum absolute atomic E-state index is 0.823. The van der Waals surface area contributed by atoms with Gasteiger partial charge in [-0.05, 0) is 13.0 Å². The summed E-state index contributed by atoms with van der Waals surface area (Å²) in [6.07, 6.45) is 1.84. The van der Waals surface area contributed by atoms with Crippen LogP contribution in [0.2, 0.25) is 0 Å². The summed E-state index contributed by atoms with van der Waals surface area (Å²) in [5.41, 5.74) is 1.01. The second kappa shape index (κ2) is 12.6. The van der Waals surface area contributed by atoms with Crippen molar-refractivity contribution < 1.29 is 0 Å². The third kappa shape index (κ3) is 6.67. The van der Waals surface area contributed by atoms with Crippen molar-refractivity contribution in [3.8, 4) is 0 Å². The molecule has 0 N–H and O–H groups in total. The van der Waals surface area contributed by atoms with Crippen LogP contribution in [0.3, 0.4) is 0 Å². The minimum Gasteiger partial charge on any atom is -0.241 e. The number of hydrogen-bond donors (Lipinski definition) is 0. The lowest BCUT2D eigenvalue weighted by atomic mass is 10.2. The van der Waals surface area contributed by atoms with Crippen LogP contribution in [0.4, 0.5) is 0 Å². The van der Waals surface area contributed by atoms with Gasteiger partial charge in [-0.2, -0.15) is 0 Å². The molecule has 2 rings (SSSR count). The van der Waals surface area contributed by atoms with Crippen LogP contribution in [-0.2, 0) is 0 Å². The Morgan fingerprint density at radius 2 is 1.35 bits per heavy atom. The van der Waals surface area contributed by atoms with E-state index in [2.05, 4.69) is 9.97 Å². The number of rotatable bonds is 0. The highest BCUT2D eigenvalue weighted by Crippen LogP contribution is 2.08. The Labute approximate surface area is 106 Å². The lowest BCUT2D eigenvalue weighted by Crippen LogP contribution is -1.86. The van der Waals surface area contributed by atoms with Crippen molar-refractivity contribution >= 4 is 10.9 Å². The normalized spacial score (nSPS) is 7.71. The van der Waals surface area contributed by atoms with E-state index in [9.17, 15) is 0 Å². The molecule has 17 heavy (non-hydrogen) atoms. The number of fused-ring (bicyclic) bond motifs is 1. The molecule has 0 aliphatic rings. The van der Waals surface area contributed by atoms with E-state index in [1.807, 2.05) is 78.9 Å². The van der Waals surface area contributed by atoms with Gasteiger partial charge in [0.1, 0.15) is 5.82 Å². The van der Waals surface area contributed by atoms with Crippen LogP contribution in [-0.4, -0.2) is 9.97 Å². The zero-order valence-electron chi connectivity index (χ0n) is 12.3. The standard InChI is InChI=1S/C9H8N2.3C2H6/c1-7-10-6-8-4-2-3-5-9(8)11-7;3*1-2/h2-6H,1H3;3*1-2H3. The second-order valence-corrected chi connectivity index (χ2v) is 2.48. The molecule has 0 spiro atoms. The predicted octanol–water partition coefficient (Wildman–Crippen LogP) is 5.02. The van der Waals surface area contributed by atoms with Gasteiger partial charge in [0.15, 0.2) is 0 Å². The molecule has 0 aliphatic carbocycles. The van der Waals surface area contributed by atoms with Gasteiger partial charge in [0, 0.05) is 11.6 Å². The van der Waals surface area contributed by atoms with Crippen LogP contribution in [0.25, 0.3) is 10.9 Å². The maximum Gasteiger partial charge on any atom is 0.125 e. The Hall–Kier alpha value is -1.44. The number of hydrogen-bond acceptors (Lipinski definition) is 2. The average molecular weight is 234 g/mol. The smallest absolute Gasteiger partial charge is 0.125 e. The molecule has 96 valence electrons. The molecule has 0 amide bonds. The van der Waals surface area contributed by atoms with E-state index in [-0.39, 0.29) is 0 Å². The minimum atomic E-state index is 0.823. The Bertz CT molecular complexity index is 383. The molecule has 1 aromatic carbocycles. The lowest BCUT2D eigenvalue weighted by Gasteiger charge is -1.95. The number of benzene rings is 1. The van der Waals surface area contributed by atoms with Gasteiger partial charge < -0.3 is 0 Å². The van der Waals surface area contributed by atoms with E-state index < -0.39 is 0 Å². The van der Waals surface area contributed by atoms with Crippen molar-refractivity contribution in [2.75, 3.05) is 0 Å². The summed E-state index contributed by atoms with van der Waals surface area (Å²) in [6, 6.07) is 7.97. The molecule has 0 unspecified atom stereocenters. The van der Waals surface area contributed by atoms with Gasteiger partial charge in [0.05, 0.1) is 5.52 Å². The molecule has 0 saturated carbocycles. The van der Waals surface area contributed by atoms with E-state index in [4.69, 9.17) is 0 Å². The van der Waals surface area contributed by atoms with E-state index in [1.165, 1.54) is 0 Å². The van der Waals surface area contributed by atoms with Gasteiger partial charge in [-0.3, -0.25) is 0 Å². The third-order valence-corrected chi connectivity index (χ3v) is 1.61. The summed E-state index contributed by atoms with van der Waals surface area (Å²) in [4.78, 5) is 8.36. The van der Waals surface area contributed by atoms with Gasteiger partial charge >= 0.3 is 0 Å². The first kappa shape index (κ1) is 17.9. The Morgan fingerprint density at radius 1 is 0.824 bits per heavy atom. The summed E-state index contributed by atoms with van der Waals surface area (Å²) in [5.74, 6) is 0.823. The van der Waals surface area contributed by atoms with Crippen molar-refractivity contribution in [3.05, 3.63) is 36.3 Å². The average Bonchev–Trinajstić information content (AvgIpc) is 2.45. The second-order valence-electron chi connectivity index (χ2n) is 2.48. The fourth-order valence-corrected chi connectivity index (χ4v) is 1.06. The molecule has 1 heterocycles. The van der Waals surface area contributed by atoms with Crippen LogP contribution in [0.5, 0.6) is 0 Å². The van der Waals surface area contributed by atoms with Crippen LogP contribution in [0.1, 0.15) is 47.4 Å². The maximum atomic E-state index is 4.26. The van der Waals surface area contributed by atoms with E-state index >= 15 is 0 Å². The first-order valence-electron chi connectivity index (χ1n) is 6.55.